The molecule has 86 valence electrons. The summed E-state index contributed by atoms with van der Waals surface area (Å²) in [5.74, 6) is -0.133. The van der Waals surface area contributed by atoms with Crippen LogP contribution in [-0.4, -0.2) is 18.2 Å². The van der Waals surface area contributed by atoms with Crippen LogP contribution in [0.4, 0.5) is 0 Å². The van der Waals surface area contributed by atoms with Crippen molar-refractivity contribution in [3.63, 3.8) is 0 Å². The lowest BCUT2D eigenvalue weighted by Gasteiger charge is -2.03. The molecule has 0 aliphatic rings. The Labute approximate surface area is 99.0 Å². The summed E-state index contributed by atoms with van der Waals surface area (Å²) in [5.41, 5.74) is 0.866. The first-order valence-electron chi connectivity index (χ1n) is 5.18. The molecule has 0 aliphatic heterocycles. The van der Waals surface area contributed by atoms with Crippen molar-refractivity contribution in [1.29, 1.82) is 0 Å². The molecule has 0 fully saturated rings. The van der Waals surface area contributed by atoms with Gasteiger partial charge in [0, 0.05) is 6.08 Å². The number of fused-ring (bicyclic) bond motifs is 1. The summed E-state index contributed by atoms with van der Waals surface area (Å²) in [5, 5.41) is 10.7. The van der Waals surface area contributed by atoms with Gasteiger partial charge in [0.15, 0.2) is 0 Å². The second-order valence-corrected chi connectivity index (χ2v) is 3.64. The maximum Gasteiger partial charge on any atom is 0.328 e. The number of hydrogen-bond acceptors (Lipinski definition) is 2. The molecule has 17 heavy (non-hydrogen) atoms. The van der Waals surface area contributed by atoms with Crippen LogP contribution in [0.2, 0.25) is 0 Å². The van der Waals surface area contributed by atoms with E-state index < -0.39 is 5.97 Å². The van der Waals surface area contributed by atoms with Crippen LogP contribution in [0, 0.1) is 0 Å². The van der Waals surface area contributed by atoms with Crippen molar-refractivity contribution in [3.05, 3.63) is 48.0 Å². The average molecular weight is 228 g/mol. The number of carbonyl (C=O) groups is 1. The Hall–Kier alpha value is -2.29. The van der Waals surface area contributed by atoms with Gasteiger partial charge in [-0.25, -0.2) is 4.79 Å². The van der Waals surface area contributed by atoms with Gasteiger partial charge in [-0.1, -0.05) is 18.2 Å². The minimum Gasteiger partial charge on any atom is -0.497 e. The van der Waals surface area contributed by atoms with E-state index in [1.807, 2.05) is 36.4 Å². The van der Waals surface area contributed by atoms with Gasteiger partial charge in [-0.15, -0.1) is 0 Å². The predicted molar refractivity (Wildman–Crippen MR) is 67.2 cm³/mol. The number of benzene rings is 2. The number of methoxy groups -OCH3 is 1. The normalized spacial score (nSPS) is 10.9. The molecular weight excluding hydrogens is 216 g/mol. The van der Waals surface area contributed by atoms with Gasteiger partial charge in [-0.3, -0.25) is 0 Å². The third-order valence-electron chi connectivity index (χ3n) is 2.49. The van der Waals surface area contributed by atoms with Crippen LogP contribution in [0.5, 0.6) is 5.75 Å². The second kappa shape index (κ2) is 4.70. The average Bonchev–Trinajstić information content (AvgIpc) is 2.35. The van der Waals surface area contributed by atoms with Crippen LogP contribution >= 0.6 is 0 Å². The molecule has 2 aromatic rings. The summed E-state index contributed by atoms with van der Waals surface area (Å²) in [6.07, 6.45) is 2.71. The zero-order valence-electron chi connectivity index (χ0n) is 9.38. The molecule has 0 amide bonds. The van der Waals surface area contributed by atoms with Crippen molar-refractivity contribution in [3.8, 4) is 5.75 Å². The van der Waals surface area contributed by atoms with E-state index in [9.17, 15) is 4.79 Å². The Kier molecular flexibility index (Phi) is 3.10. The lowest BCUT2D eigenvalue weighted by Crippen LogP contribution is -1.86. The van der Waals surface area contributed by atoms with Crippen LogP contribution in [0.1, 0.15) is 5.56 Å². The lowest BCUT2D eigenvalue weighted by atomic mass is 10.1. The molecule has 2 rings (SSSR count). The van der Waals surface area contributed by atoms with Crippen LogP contribution in [0.25, 0.3) is 16.8 Å². The highest BCUT2D eigenvalue weighted by Crippen LogP contribution is 2.22. The number of rotatable bonds is 3. The molecule has 0 unspecified atom stereocenters. The Balaban J connectivity index is 2.41. The maximum absolute atomic E-state index is 10.4. The molecule has 0 saturated heterocycles. The van der Waals surface area contributed by atoms with Gasteiger partial charge in [-0.05, 0) is 40.6 Å². The van der Waals surface area contributed by atoms with E-state index in [2.05, 4.69) is 0 Å². The number of aliphatic carboxylic acids is 1. The van der Waals surface area contributed by atoms with Gasteiger partial charge in [0.05, 0.1) is 7.11 Å². The highest BCUT2D eigenvalue weighted by atomic mass is 16.5. The molecule has 0 saturated carbocycles. The topological polar surface area (TPSA) is 46.5 Å². The summed E-state index contributed by atoms with van der Waals surface area (Å²) in [4.78, 5) is 10.4. The molecule has 0 aliphatic carbocycles. The Morgan fingerprint density at radius 2 is 1.88 bits per heavy atom. The van der Waals surface area contributed by atoms with E-state index in [0.717, 1.165) is 28.2 Å². The molecule has 0 bridgehead atoms. The SMILES string of the molecule is COc1ccc2cc(/C=C/C(=O)O)ccc2c1. The van der Waals surface area contributed by atoms with Crippen molar-refractivity contribution in [2.24, 2.45) is 0 Å². The Morgan fingerprint density at radius 1 is 1.18 bits per heavy atom. The first-order chi connectivity index (χ1) is 8.19. The first kappa shape index (κ1) is 11.2. The lowest BCUT2D eigenvalue weighted by molar-refractivity contribution is -0.131. The van der Waals surface area contributed by atoms with E-state index in [-0.39, 0.29) is 0 Å². The fourth-order valence-corrected chi connectivity index (χ4v) is 1.64. The van der Waals surface area contributed by atoms with E-state index in [0.29, 0.717) is 0 Å². The van der Waals surface area contributed by atoms with Crippen molar-refractivity contribution >= 4 is 22.8 Å². The van der Waals surface area contributed by atoms with Crippen LogP contribution in [0.15, 0.2) is 42.5 Å². The second-order valence-electron chi connectivity index (χ2n) is 3.64. The van der Waals surface area contributed by atoms with E-state index in [4.69, 9.17) is 9.84 Å². The smallest absolute Gasteiger partial charge is 0.328 e. The van der Waals surface area contributed by atoms with E-state index >= 15 is 0 Å². The highest BCUT2D eigenvalue weighted by Gasteiger charge is 1.97. The quantitative estimate of drug-likeness (QED) is 0.821. The fraction of sp³-hybridized carbons (Fsp3) is 0.0714. The molecule has 0 atom stereocenters. The highest BCUT2D eigenvalue weighted by molar-refractivity contribution is 5.89. The van der Waals surface area contributed by atoms with Crippen LogP contribution in [-0.2, 0) is 4.79 Å². The van der Waals surface area contributed by atoms with Crippen molar-refractivity contribution < 1.29 is 14.6 Å². The van der Waals surface area contributed by atoms with Gasteiger partial charge >= 0.3 is 5.97 Å². The zero-order valence-corrected chi connectivity index (χ0v) is 9.38. The van der Waals surface area contributed by atoms with Gasteiger partial charge in [0.1, 0.15) is 5.75 Å². The zero-order chi connectivity index (χ0) is 12.3. The molecule has 0 spiro atoms. The van der Waals surface area contributed by atoms with Gasteiger partial charge < -0.3 is 9.84 Å². The minimum atomic E-state index is -0.945. The van der Waals surface area contributed by atoms with Crippen molar-refractivity contribution in [2.75, 3.05) is 7.11 Å². The summed E-state index contributed by atoms with van der Waals surface area (Å²) in [6.45, 7) is 0. The third-order valence-corrected chi connectivity index (χ3v) is 2.49. The molecule has 3 heteroatoms. The standard InChI is InChI=1S/C14H12O3/c1-17-13-6-5-11-8-10(3-7-14(15)16)2-4-12(11)9-13/h2-9H,1H3,(H,15,16)/b7-3+. The number of carboxylic acids is 1. The minimum absolute atomic E-state index is 0.811. The molecule has 1 N–H and O–H groups in total. The molecule has 0 radical (unpaired) electrons. The Bertz CT molecular complexity index is 585. The van der Waals surface area contributed by atoms with E-state index in [1.165, 1.54) is 0 Å². The first-order valence-corrected chi connectivity index (χ1v) is 5.18. The molecule has 0 heterocycles. The van der Waals surface area contributed by atoms with Crippen LogP contribution < -0.4 is 4.74 Å². The Morgan fingerprint density at radius 3 is 2.59 bits per heavy atom. The summed E-state index contributed by atoms with van der Waals surface area (Å²) in [7, 11) is 1.63. The van der Waals surface area contributed by atoms with Gasteiger partial charge in [0.25, 0.3) is 0 Å². The van der Waals surface area contributed by atoms with Crippen molar-refractivity contribution in [1.82, 2.24) is 0 Å². The largest absolute Gasteiger partial charge is 0.497 e. The van der Waals surface area contributed by atoms with E-state index in [1.54, 1.807) is 13.2 Å². The predicted octanol–water partition coefficient (Wildman–Crippen LogP) is 2.95. The van der Waals surface area contributed by atoms with Crippen molar-refractivity contribution in [2.45, 2.75) is 0 Å². The van der Waals surface area contributed by atoms with Gasteiger partial charge in [0.2, 0.25) is 0 Å². The number of hydrogen-bond donors (Lipinski definition) is 1. The third kappa shape index (κ3) is 2.64. The summed E-state index contributed by atoms with van der Waals surface area (Å²) in [6, 6.07) is 11.5. The monoisotopic (exact) mass is 228 g/mol. The molecule has 2 aromatic carbocycles. The number of ether oxygens (including phenoxy) is 1. The summed E-state index contributed by atoms with van der Waals surface area (Å²) < 4.78 is 5.14. The molecule has 3 nitrogen and oxygen atoms in total. The summed E-state index contributed by atoms with van der Waals surface area (Å²) >= 11 is 0. The molecule has 0 aromatic heterocycles. The number of carboxylic acid groups (broad SMARTS) is 1. The maximum atomic E-state index is 10.4. The fourth-order valence-electron chi connectivity index (χ4n) is 1.64. The van der Waals surface area contributed by atoms with Crippen LogP contribution in [0.3, 0.4) is 0 Å². The van der Waals surface area contributed by atoms with Gasteiger partial charge in [-0.2, -0.15) is 0 Å². The molecular formula is C14H12O3.